The molecule has 0 aromatic rings. The van der Waals surface area contributed by atoms with Gasteiger partial charge in [-0.15, -0.1) is 0 Å². The van der Waals surface area contributed by atoms with Crippen molar-refractivity contribution in [3.63, 3.8) is 0 Å². The van der Waals surface area contributed by atoms with E-state index in [-0.39, 0.29) is 18.9 Å². The summed E-state index contributed by atoms with van der Waals surface area (Å²) in [5.41, 5.74) is 0. The van der Waals surface area contributed by atoms with Crippen molar-refractivity contribution in [2.24, 2.45) is 0 Å². The van der Waals surface area contributed by atoms with Gasteiger partial charge in [-0.05, 0) is 19.3 Å². The molecule has 19 nitrogen and oxygen atoms in total. The van der Waals surface area contributed by atoms with E-state index in [0.29, 0.717) is 6.42 Å². The quantitative estimate of drug-likeness (QED) is 0.0313. The predicted octanol–water partition coefficient (Wildman–Crippen LogP) is 2.65. The van der Waals surface area contributed by atoms with E-state index in [1.807, 2.05) is 6.08 Å². The number of ether oxygens (including phenoxy) is 6. The number of unbranched alkanes of at least 4 members (excludes halogenated alkanes) is 22. The molecule has 12 N–H and O–H groups in total. The van der Waals surface area contributed by atoms with Crippen LogP contribution in [-0.2, 0) is 33.2 Å². The number of aliphatic hydroxyl groups is 11. The summed E-state index contributed by atoms with van der Waals surface area (Å²) in [6, 6.07) is -0.964. The Morgan fingerprint density at radius 3 is 1.34 bits per heavy atom. The van der Waals surface area contributed by atoms with Gasteiger partial charge in [0.1, 0.15) is 73.2 Å². The Labute approximate surface area is 416 Å². The third-order valence-electron chi connectivity index (χ3n) is 13.8. The van der Waals surface area contributed by atoms with Crippen LogP contribution in [0.1, 0.15) is 174 Å². The first-order chi connectivity index (χ1) is 33.8. The molecule has 412 valence electrons. The predicted molar refractivity (Wildman–Crippen MR) is 259 cm³/mol. The fraction of sp³-hybridized carbons (Fsp3) is 0.941. The number of amides is 1. The van der Waals surface area contributed by atoms with E-state index in [4.69, 9.17) is 28.4 Å². The van der Waals surface area contributed by atoms with Crippen molar-refractivity contribution >= 4 is 5.91 Å². The maximum absolute atomic E-state index is 13.2. The summed E-state index contributed by atoms with van der Waals surface area (Å²) < 4.78 is 34.1. The molecule has 0 aliphatic carbocycles. The Hall–Kier alpha value is -1.47. The van der Waals surface area contributed by atoms with Crippen molar-refractivity contribution in [1.82, 2.24) is 5.32 Å². The van der Waals surface area contributed by atoms with Crippen LogP contribution < -0.4 is 5.32 Å². The van der Waals surface area contributed by atoms with Crippen molar-refractivity contribution in [3.8, 4) is 0 Å². The third-order valence-corrected chi connectivity index (χ3v) is 13.8. The standard InChI is InChI=1S/C51H95NO18/c1-3-5-7-9-11-13-15-17-18-20-22-24-26-28-35(56)34(52-39(57)29-27-25-23-21-19-16-14-12-10-8-6-4-2)33-65-49-45(63)42(60)47(37(31-54)67-49)70-51-46(64)43(61)48(38(32-55)68-51)69-50-44(62)41(59)40(58)36(30-53)66-50/h26,28,34-38,40-51,53-56,58-64H,3-25,27,29-33H2,1-2H3,(H,52,57)/b28-26+. The molecule has 0 saturated carbocycles. The summed E-state index contributed by atoms with van der Waals surface area (Å²) in [7, 11) is 0. The van der Waals surface area contributed by atoms with E-state index in [2.05, 4.69) is 19.2 Å². The van der Waals surface area contributed by atoms with Crippen LogP contribution in [0.2, 0.25) is 0 Å². The number of carbonyl (C=O) groups excluding carboxylic acids is 1. The van der Waals surface area contributed by atoms with Gasteiger partial charge in [-0.3, -0.25) is 4.79 Å². The number of rotatable bonds is 38. The lowest BCUT2D eigenvalue weighted by molar-refractivity contribution is -0.379. The molecule has 0 spiro atoms. The zero-order valence-corrected chi connectivity index (χ0v) is 42.3. The van der Waals surface area contributed by atoms with E-state index < -0.39 is 124 Å². The summed E-state index contributed by atoms with van der Waals surface area (Å²) in [5.74, 6) is -0.277. The van der Waals surface area contributed by atoms with E-state index in [0.717, 1.165) is 44.9 Å². The molecule has 3 fully saturated rings. The van der Waals surface area contributed by atoms with Gasteiger partial charge in [-0.1, -0.05) is 161 Å². The zero-order valence-electron chi connectivity index (χ0n) is 42.3. The van der Waals surface area contributed by atoms with Crippen LogP contribution in [0.3, 0.4) is 0 Å². The van der Waals surface area contributed by atoms with Gasteiger partial charge in [-0.2, -0.15) is 0 Å². The molecule has 3 aliphatic heterocycles. The molecule has 3 saturated heterocycles. The number of carbonyl (C=O) groups is 1. The summed E-state index contributed by atoms with van der Waals surface area (Å²) >= 11 is 0. The average molecular weight is 1010 g/mol. The van der Waals surface area contributed by atoms with Gasteiger partial charge in [0.05, 0.1) is 38.6 Å². The molecule has 17 atom stereocenters. The van der Waals surface area contributed by atoms with Gasteiger partial charge in [0.2, 0.25) is 5.91 Å². The second-order valence-corrected chi connectivity index (χ2v) is 19.7. The van der Waals surface area contributed by atoms with Crippen molar-refractivity contribution < 1.29 is 89.4 Å². The van der Waals surface area contributed by atoms with Crippen LogP contribution >= 0.6 is 0 Å². The second kappa shape index (κ2) is 36.5. The average Bonchev–Trinajstić information content (AvgIpc) is 3.35. The summed E-state index contributed by atoms with van der Waals surface area (Å²) in [4.78, 5) is 13.2. The molecule has 17 unspecified atom stereocenters. The SMILES string of the molecule is CCCCCCCCCCCCC/C=C/C(O)C(COC1OC(CO)C(OC2OC(CO)C(OC3OC(CO)C(O)C(O)C3O)C(O)C2O)C(O)C1O)NC(=O)CCCCCCCCCCCCCC. The molecule has 3 aliphatic rings. The number of aliphatic hydroxyl groups excluding tert-OH is 11. The highest BCUT2D eigenvalue weighted by Crippen LogP contribution is 2.33. The first-order valence-electron chi connectivity index (χ1n) is 26.9. The Bertz CT molecular complexity index is 1350. The van der Waals surface area contributed by atoms with E-state index in [1.165, 1.54) is 103 Å². The van der Waals surface area contributed by atoms with Gasteiger partial charge < -0.3 is 89.9 Å². The van der Waals surface area contributed by atoms with Gasteiger partial charge >= 0.3 is 0 Å². The Kier molecular flexibility index (Phi) is 32.7. The minimum Gasteiger partial charge on any atom is -0.394 e. The van der Waals surface area contributed by atoms with Gasteiger partial charge in [0, 0.05) is 6.42 Å². The highest BCUT2D eigenvalue weighted by Gasteiger charge is 2.53. The zero-order chi connectivity index (χ0) is 51.3. The van der Waals surface area contributed by atoms with Crippen LogP contribution in [0.4, 0.5) is 0 Å². The molecular weight excluding hydrogens is 915 g/mol. The van der Waals surface area contributed by atoms with Crippen LogP contribution in [0.5, 0.6) is 0 Å². The van der Waals surface area contributed by atoms with Crippen molar-refractivity contribution in [2.45, 2.75) is 279 Å². The lowest BCUT2D eigenvalue weighted by Crippen LogP contribution is -2.66. The van der Waals surface area contributed by atoms with Gasteiger partial charge in [0.25, 0.3) is 0 Å². The molecule has 0 aromatic carbocycles. The number of hydrogen-bond acceptors (Lipinski definition) is 18. The van der Waals surface area contributed by atoms with Crippen LogP contribution in [0.25, 0.3) is 0 Å². The lowest BCUT2D eigenvalue weighted by atomic mass is 9.96. The van der Waals surface area contributed by atoms with Crippen LogP contribution in [-0.4, -0.2) is 193 Å². The molecule has 70 heavy (non-hydrogen) atoms. The number of allylic oxidation sites excluding steroid dienone is 1. The lowest BCUT2D eigenvalue weighted by Gasteiger charge is -2.48. The van der Waals surface area contributed by atoms with Gasteiger partial charge in [-0.25, -0.2) is 0 Å². The fourth-order valence-corrected chi connectivity index (χ4v) is 9.31. The van der Waals surface area contributed by atoms with Crippen LogP contribution in [0, 0.1) is 0 Å². The maximum atomic E-state index is 13.2. The first kappa shape index (κ1) is 62.8. The highest BCUT2D eigenvalue weighted by atomic mass is 16.8. The van der Waals surface area contributed by atoms with E-state index >= 15 is 0 Å². The monoisotopic (exact) mass is 1010 g/mol. The third kappa shape index (κ3) is 21.8. The molecule has 0 aromatic heterocycles. The van der Waals surface area contributed by atoms with Crippen molar-refractivity contribution in [1.29, 1.82) is 0 Å². The van der Waals surface area contributed by atoms with Gasteiger partial charge in [0.15, 0.2) is 18.9 Å². The smallest absolute Gasteiger partial charge is 0.220 e. The van der Waals surface area contributed by atoms with Crippen molar-refractivity contribution in [2.75, 3.05) is 26.4 Å². The largest absolute Gasteiger partial charge is 0.394 e. The second-order valence-electron chi connectivity index (χ2n) is 19.7. The normalized spacial score (nSPS) is 32.6. The Morgan fingerprint density at radius 2 is 0.886 bits per heavy atom. The van der Waals surface area contributed by atoms with Crippen molar-refractivity contribution in [3.05, 3.63) is 12.2 Å². The first-order valence-corrected chi connectivity index (χ1v) is 26.9. The highest BCUT2D eigenvalue weighted by molar-refractivity contribution is 5.76. The summed E-state index contributed by atoms with van der Waals surface area (Å²) in [6.45, 7) is 1.68. The number of nitrogens with one attached hydrogen (secondary N) is 1. The minimum atomic E-state index is -1.97. The molecule has 0 bridgehead atoms. The number of hydrogen-bond donors (Lipinski definition) is 12. The minimum absolute atomic E-state index is 0.248. The summed E-state index contributed by atoms with van der Waals surface area (Å²) in [6.07, 6.45) is 4.94. The molecule has 3 heterocycles. The molecule has 19 heteroatoms. The van der Waals surface area contributed by atoms with Crippen LogP contribution in [0.15, 0.2) is 12.2 Å². The molecular formula is C51H95NO18. The Balaban J connectivity index is 1.56. The molecule has 1 amide bonds. The van der Waals surface area contributed by atoms with E-state index in [1.54, 1.807) is 6.08 Å². The molecule has 0 radical (unpaired) electrons. The fourth-order valence-electron chi connectivity index (χ4n) is 9.31. The topological polar surface area (TPSA) is 307 Å². The van der Waals surface area contributed by atoms with E-state index in [9.17, 15) is 61.0 Å². The summed E-state index contributed by atoms with van der Waals surface area (Å²) in [5, 5.41) is 120. The molecule has 3 rings (SSSR count). The Morgan fingerprint density at radius 1 is 0.500 bits per heavy atom. The maximum Gasteiger partial charge on any atom is 0.220 e.